The number of ether oxygens (including phenoxy) is 2. The van der Waals surface area contributed by atoms with Crippen LogP contribution in [0.2, 0.25) is 0 Å². The normalized spacial score (nSPS) is 11.9. The molecule has 4 nitrogen and oxygen atoms in total. The van der Waals surface area contributed by atoms with Crippen molar-refractivity contribution in [3.63, 3.8) is 0 Å². The number of fused-ring (bicyclic) bond motifs is 3. The van der Waals surface area contributed by atoms with E-state index in [4.69, 9.17) is 9.47 Å². The first kappa shape index (κ1) is 21.7. The van der Waals surface area contributed by atoms with Gasteiger partial charge in [0.15, 0.2) is 0 Å². The monoisotopic (exact) mass is 396 g/mol. The molecule has 4 heteroatoms. The van der Waals surface area contributed by atoms with Gasteiger partial charge in [-0.3, -0.25) is 0 Å². The Labute approximate surface area is 176 Å². The summed E-state index contributed by atoms with van der Waals surface area (Å²) in [7, 11) is 0. The Hall–Kier alpha value is -2.04. The van der Waals surface area contributed by atoms with Crippen LogP contribution in [0, 0.1) is 0 Å². The first-order valence-electron chi connectivity index (χ1n) is 11.2. The summed E-state index contributed by atoms with van der Waals surface area (Å²) < 4.78 is 11.9. The molecule has 2 aromatic rings. The Morgan fingerprint density at radius 2 is 1.17 bits per heavy atom. The zero-order valence-corrected chi connectivity index (χ0v) is 18.1. The summed E-state index contributed by atoms with van der Waals surface area (Å²) in [5.74, 6) is 1.95. The number of hydrogen-bond acceptors (Lipinski definition) is 4. The van der Waals surface area contributed by atoms with E-state index in [-0.39, 0.29) is 0 Å². The van der Waals surface area contributed by atoms with Gasteiger partial charge in [0, 0.05) is 0 Å². The Bertz CT molecular complexity index is 697. The highest BCUT2D eigenvalue weighted by molar-refractivity contribution is 5.78. The predicted octanol–water partition coefficient (Wildman–Crippen LogP) is 4.79. The van der Waals surface area contributed by atoms with Gasteiger partial charge in [-0.2, -0.15) is 0 Å². The maximum Gasteiger partial charge on any atom is 0.119 e. The van der Waals surface area contributed by atoms with E-state index >= 15 is 0 Å². The van der Waals surface area contributed by atoms with Crippen LogP contribution in [-0.4, -0.2) is 39.4 Å². The lowest BCUT2D eigenvalue weighted by atomic mass is 10.1. The molecule has 0 radical (unpaired) electrons. The summed E-state index contributed by atoms with van der Waals surface area (Å²) in [6.45, 7) is 10.1. The summed E-state index contributed by atoms with van der Waals surface area (Å²) >= 11 is 0. The van der Waals surface area contributed by atoms with Crippen LogP contribution in [0.1, 0.15) is 50.7 Å². The van der Waals surface area contributed by atoms with E-state index in [1.165, 1.54) is 35.1 Å². The smallest absolute Gasteiger partial charge is 0.119 e. The van der Waals surface area contributed by atoms with Crippen molar-refractivity contribution in [2.45, 2.75) is 46.0 Å². The highest BCUT2D eigenvalue weighted by Crippen LogP contribution is 2.39. The van der Waals surface area contributed by atoms with E-state index in [0.717, 1.165) is 70.2 Å². The van der Waals surface area contributed by atoms with E-state index in [0.29, 0.717) is 0 Å². The molecule has 29 heavy (non-hydrogen) atoms. The molecular weight excluding hydrogens is 360 g/mol. The van der Waals surface area contributed by atoms with Gasteiger partial charge in [0.25, 0.3) is 0 Å². The molecule has 0 saturated carbocycles. The fourth-order valence-electron chi connectivity index (χ4n) is 3.72. The molecule has 0 bridgehead atoms. The second-order valence-corrected chi connectivity index (χ2v) is 7.72. The third-order valence-corrected chi connectivity index (χ3v) is 5.21. The first-order valence-corrected chi connectivity index (χ1v) is 11.2. The highest BCUT2D eigenvalue weighted by atomic mass is 16.5. The van der Waals surface area contributed by atoms with Gasteiger partial charge in [-0.15, -0.1) is 0 Å². The minimum absolute atomic E-state index is 0.757. The molecule has 0 heterocycles. The molecule has 0 amide bonds. The Balaban J connectivity index is 1.48. The minimum atomic E-state index is 0.757. The molecular formula is C25H36N2O2. The fourth-order valence-corrected chi connectivity index (χ4v) is 3.72. The maximum absolute atomic E-state index is 5.96. The number of hydrogen-bond donors (Lipinski definition) is 2. The zero-order chi connectivity index (χ0) is 20.3. The molecule has 0 unspecified atom stereocenters. The summed E-state index contributed by atoms with van der Waals surface area (Å²) in [6, 6.07) is 13.0. The summed E-state index contributed by atoms with van der Waals surface area (Å²) in [5.41, 5.74) is 5.35. The van der Waals surface area contributed by atoms with Crippen LogP contribution in [0.15, 0.2) is 36.4 Å². The average Bonchev–Trinajstić information content (AvgIpc) is 3.10. The van der Waals surface area contributed by atoms with Crippen molar-refractivity contribution in [2.24, 2.45) is 0 Å². The topological polar surface area (TPSA) is 42.5 Å². The Morgan fingerprint density at radius 3 is 1.62 bits per heavy atom. The van der Waals surface area contributed by atoms with Crippen molar-refractivity contribution in [3.05, 3.63) is 47.5 Å². The van der Waals surface area contributed by atoms with Crippen LogP contribution in [0.4, 0.5) is 0 Å². The van der Waals surface area contributed by atoms with Gasteiger partial charge in [0.2, 0.25) is 0 Å². The molecule has 2 N–H and O–H groups in total. The van der Waals surface area contributed by atoms with Gasteiger partial charge in [-0.1, -0.05) is 26.0 Å². The lowest BCUT2D eigenvalue weighted by Crippen LogP contribution is -2.18. The van der Waals surface area contributed by atoms with Crippen molar-refractivity contribution in [1.29, 1.82) is 0 Å². The van der Waals surface area contributed by atoms with Crippen LogP contribution in [0.5, 0.6) is 11.5 Å². The van der Waals surface area contributed by atoms with Crippen LogP contribution < -0.4 is 20.1 Å². The summed E-state index contributed by atoms with van der Waals surface area (Å²) in [4.78, 5) is 0. The van der Waals surface area contributed by atoms with Crippen molar-refractivity contribution in [3.8, 4) is 22.6 Å². The molecule has 1 aliphatic rings. The van der Waals surface area contributed by atoms with E-state index in [1.54, 1.807) is 0 Å². The second kappa shape index (κ2) is 11.8. The molecule has 3 rings (SSSR count). The van der Waals surface area contributed by atoms with Crippen LogP contribution >= 0.6 is 0 Å². The van der Waals surface area contributed by atoms with Crippen molar-refractivity contribution in [2.75, 3.05) is 39.4 Å². The van der Waals surface area contributed by atoms with Gasteiger partial charge in [-0.05, 0) is 105 Å². The number of rotatable bonds is 14. The maximum atomic E-state index is 5.96. The quantitative estimate of drug-likeness (QED) is 0.384. The SMILES string of the molecule is CCCNCCCOc1ccc2c(c1)Cc1cc(OCCCNCCC)ccc1-2. The molecule has 0 spiro atoms. The largest absolute Gasteiger partial charge is 0.494 e. The Morgan fingerprint density at radius 1 is 0.690 bits per heavy atom. The van der Waals surface area contributed by atoms with Crippen molar-refractivity contribution >= 4 is 0 Å². The molecule has 0 atom stereocenters. The van der Waals surface area contributed by atoms with Gasteiger partial charge >= 0.3 is 0 Å². The third kappa shape index (κ3) is 6.48. The fraction of sp³-hybridized carbons (Fsp3) is 0.520. The molecule has 1 aliphatic carbocycles. The van der Waals surface area contributed by atoms with Gasteiger partial charge in [0.05, 0.1) is 13.2 Å². The lowest BCUT2D eigenvalue weighted by Gasteiger charge is -2.09. The van der Waals surface area contributed by atoms with E-state index in [1.807, 2.05) is 0 Å². The molecule has 0 aromatic heterocycles. The Kier molecular flexibility index (Phi) is 8.84. The van der Waals surface area contributed by atoms with E-state index in [2.05, 4.69) is 60.9 Å². The summed E-state index contributed by atoms with van der Waals surface area (Å²) in [6.07, 6.45) is 5.37. The molecule has 0 saturated heterocycles. The van der Waals surface area contributed by atoms with Crippen LogP contribution in [0.25, 0.3) is 11.1 Å². The van der Waals surface area contributed by atoms with Crippen molar-refractivity contribution < 1.29 is 9.47 Å². The minimum Gasteiger partial charge on any atom is -0.494 e. The molecule has 0 fully saturated rings. The number of nitrogens with one attached hydrogen (secondary N) is 2. The van der Waals surface area contributed by atoms with Gasteiger partial charge in [-0.25, -0.2) is 0 Å². The van der Waals surface area contributed by atoms with Crippen LogP contribution in [0.3, 0.4) is 0 Å². The van der Waals surface area contributed by atoms with E-state index < -0.39 is 0 Å². The second-order valence-electron chi connectivity index (χ2n) is 7.72. The highest BCUT2D eigenvalue weighted by Gasteiger charge is 2.19. The predicted molar refractivity (Wildman–Crippen MR) is 121 cm³/mol. The van der Waals surface area contributed by atoms with Crippen molar-refractivity contribution in [1.82, 2.24) is 10.6 Å². The van der Waals surface area contributed by atoms with Gasteiger partial charge < -0.3 is 20.1 Å². The standard InChI is InChI=1S/C25H36N2O2/c1-3-11-26-13-5-15-28-22-7-9-24-20(18-22)17-21-19-23(8-10-25(21)24)29-16-6-14-27-12-4-2/h7-10,18-19,26-27H,3-6,11-17H2,1-2H3. The third-order valence-electron chi connectivity index (χ3n) is 5.21. The first-order chi connectivity index (χ1) is 14.3. The molecule has 0 aliphatic heterocycles. The van der Waals surface area contributed by atoms with Crippen LogP contribution in [-0.2, 0) is 6.42 Å². The molecule has 158 valence electrons. The lowest BCUT2D eigenvalue weighted by molar-refractivity contribution is 0.308. The van der Waals surface area contributed by atoms with Gasteiger partial charge in [0.1, 0.15) is 11.5 Å². The zero-order valence-electron chi connectivity index (χ0n) is 18.1. The van der Waals surface area contributed by atoms with E-state index in [9.17, 15) is 0 Å². The summed E-state index contributed by atoms with van der Waals surface area (Å²) in [5, 5.41) is 6.82. The average molecular weight is 397 g/mol. The molecule has 2 aromatic carbocycles. The number of benzene rings is 2.